The van der Waals surface area contributed by atoms with Crippen molar-refractivity contribution in [3.05, 3.63) is 35.4 Å². The summed E-state index contributed by atoms with van der Waals surface area (Å²) in [5.41, 5.74) is 2.08. The molecule has 3 heteroatoms. The number of nitriles is 1. The van der Waals surface area contributed by atoms with Crippen LogP contribution in [0, 0.1) is 18.3 Å². The van der Waals surface area contributed by atoms with Crippen LogP contribution in [0.1, 0.15) is 37.3 Å². The number of benzene rings is 1. The molecule has 1 atom stereocenters. The van der Waals surface area contributed by atoms with Crippen molar-refractivity contribution in [2.24, 2.45) is 0 Å². The van der Waals surface area contributed by atoms with Crippen LogP contribution in [0.5, 0.6) is 0 Å². The van der Waals surface area contributed by atoms with E-state index in [0.717, 1.165) is 11.1 Å². The number of amides is 1. The van der Waals surface area contributed by atoms with Crippen molar-refractivity contribution in [1.82, 2.24) is 4.90 Å². The minimum Gasteiger partial charge on any atom is -0.343 e. The van der Waals surface area contributed by atoms with Crippen molar-refractivity contribution in [3.63, 3.8) is 0 Å². The Labute approximate surface area is 109 Å². The normalized spacial score (nSPS) is 11.7. The monoisotopic (exact) mass is 244 g/mol. The Morgan fingerprint density at radius 2 is 1.83 bits per heavy atom. The molecule has 18 heavy (non-hydrogen) atoms. The highest BCUT2D eigenvalue weighted by molar-refractivity contribution is 5.77. The molecule has 0 N–H and O–H groups in total. The molecule has 0 aliphatic carbocycles. The summed E-state index contributed by atoms with van der Waals surface area (Å²) in [6, 6.07) is 10.0. The van der Waals surface area contributed by atoms with Gasteiger partial charge in [0.25, 0.3) is 0 Å². The van der Waals surface area contributed by atoms with Gasteiger partial charge in [0.15, 0.2) is 0 Å². The van der Waals surface area contributed by atoms with E-state index in [9.17, 15) is 10.1 Å². The van der Waals surface area contributed by atoms with Gasteiger partial charge in [0.1, 0.15) is 0 Å². The van der Waals surface area contributed by atoms with E-state index in [-0.39, 0.29) is 18.2 Å². The Morgan fingerprint density at radius 1 is 1.28 bits per heavy atom. The standard InChI is InChI=1S/C15H20N2O/c1-4-17(5-2)15(18)10-14(11-16)13-8-6-12(3)7-9-13/h6-9,14H,4-5,10H2,1-3H3. The molecule has 0 saturated carbocycles. The van der Waals surface area contributed by atoms with Crippen molar-refractivity contribution in [3.8, 4) is 6.07 Å². The predicted octanol–water partition coefficient (Wildman–Crippen LogP) is 2.86. The molecule has 1 aromatic carbocycles. The van der Waals surface area contributed by atoms with E-state index < -0.39 is 0 Å². The van der Waals surface area contributed by atoms with E-state index in [0.29, 0.717) is 13.1 Å². The second kappa shape index (κ2) is 6.80. The first kappa shape index (κ1) is 14.2. The average molecular weight is 244 g/mol. The fraction of sp³-hybridized carbons (Fsp3) is 0.467. The fourth-order valence-corrected chi connectivity index (χ4v) is 1.92. The van der Waals surface area contributed by atoms with Crippen molar-refractivity contribution < 1.29 is 4.79 Å². The first-order valence-corrected chi connectivity index (χ1v) is 6.36. The SMILES string of the molecule is CCN(CC)C(=O)CC(C#N)c1ccc(C)cc1. The summed E-state index contributed by atoms with van der Waals surface area (Å²) in [4.78, 5) is 13.8. The van der Waals surface area contributed by atoms with Crippen LogP contribution >= 0.6 is 0 Å². The zero-order valence-electron chi connectivity index (χ0n) is 11.3. The summed E-state index contributed by atoms with van der Waals surface area (Å²) < 4.78 is 0. The molecule has 96 valence electrons. The lowest BCUT2D eigenvalue weighted by Crippen LogP contribution is -2.31. The number of hydrogen-bond acceptors (Lipinski definition) is 2. The molecular weight excluding hydrogens is 224 g/mol. The lowest BCUT2D eigenvalue weighted by Gasteiger charge is -2.20. The fourth-order valence-electron chi connectivity index (χ4n) is 1.92. The van der Waals surface area contributed by atoms with Gasteiger partial charge in [-0.25, -0.2) is 0 Å². The van der Waals surface area contributed by atoms with E-state index >= 15 is 0 Å². The minimum atomic E-state index is -0.348. The summed E-state index contributed by atoms with van der Waals surface area (Å²) in [6.07, 6.45) is 0.265. The van der Waals surface area contributed by atoms with Crippen LogP contribution in [-0.4, -0.2) is 23.9 Å². The van der Waals surface area contributed by atoms with Crippen LogP contribution in [0.3, 0.4) is 0 Å². The van der Waals surface area contributed by atoms with Crippen LogP contribution < -0.4 is 0 Å². The first-order chi connectivity index (χ1) is 8.62. The smallest absolute Gasteiger partial charge is 0.224 e. The van der Waals surface area contributed by atoms with Gasteiger partial charge in [0.2, 0.25) is 5.91 Å². The average Bonchev–Trinajstić information content (AvgIpc) is 2.38. The maximum Gasteiger partial charge on any atom is 0.224 e. The van der Waals surface area contributed by atoms with E-state index in [1.54, 1.807) is 4.90 Å². The van der Waals surface area contributed by atoms with Crippen LogP contribution in [0.2, 0.25) is 0 Å². The predicted molar refractivity (Wildman–Crippen MR) is 72.1 cm³/mol. The first-order valence-electron chi connectivity index (χ1n) is 6.36. The van der Waals surface area contributed by atoms with Gasteiger partial charge in [-0.15, -0.1) is 0 Å². The Morgan fingerprint density at radius 3 is 2.28 bits per heavy atom. The molecule has 0 aromatic heterocycles. The molecular formula is C15H20N2O. The second-order valence-corrected chi connectivity index (χ2v) is 4.36. The summed E-state index contributed by atoms with van der Waals surface area (Å²) in [6.45, 7) is 7.30. The summed E-state index contributed by atoms with van der Waals surface area (Å²) in [5.74, 6) is -0.300. The highest BCUT2D eigenvalue weighted by atomic mass is 16.2. The Bertz CT molecular complexity index is 427. The van der Waals surface area contributed by atoms with Gasteiger partial charge in [-0.1, -0.05) is 29.8 Å². The number of carbonyl (C=O) groups is 1. The molecule has 1 amide bonds. The molecule has 0 saturated heterocycles. The van der Waals surface area contributed by atoms with Crippen LogP contribution in [0.4, 0.5) is 0 Å². The molecule has 1 rings (SSSR count). The minimum absolute atomic E-state index is 0.0483. The largest absolute Gasteiger partial charge is 0.343 e. The zero-order valence-corrected chi connectivity index (χ0v) is 11.3. The van der Waals surface area contributed by atoms with E-state index in [1.165, 1.54) is 0 Å². The van der Waals surface area contributed by atoms with E-state index in [4.69, 9.17) is 0 Å². The van der Waals surface area contributed by atoms with Crippen LogP contribution in [-0.2, 0) is 4.79 Å². The molecule has 1 aromatic rings. The van der Waals surface area contributed by atoms with Crippen molar-refractivity contribution in [2.75, 3.05) is 13.1 Å². The topological polar surface area (TPSA) is 44.1 Å². The van der Waals surface area contributed by atoms with Crippen molar-refractivity contribution >= 4 is 5.91 Å². The van der Waals surface area contributed by atoms with Gasteiger partial charge in [0, 0.05) is 19.5 Å². The number of nitrogens with zero attached hydrogens (tertiary/aromatic N) is 2. The quantitative estimate of drug-likeness (QED) is 0.799. The van der Waals surface area contributed by atoms with Gasteiger partial charge in [0.05, 0.1) is 12.0 Å². The van der Waals surface area contributed by atoms with Crippen LogP contribution in [0.25, 0.3) is 0 Å². The van der Waals surface area contributed by atoms with Crippen LogP contribution in [0.15, 0.2) is 24.3 Å². The number of carbonyl (C=O) groups excluding carboxylic acids is 1. The Balaban J connectivity index is 2.77. The molecule has 0 aliphatic heterocycles. The molecule has 0 radical (unpaired) electrons. The highest BCUT2D eigenvalue weighted by Gasteiger charge is 2.18. The third-order valence-electron chi connectivity index (χ3n) is 3.13. The van der Waals surface area contributed by atoms with Crippen molar-refractivity contribution in [2.45, 2.75) is 33.1 Å². The van der Waals surface area contributed by atoms with Gasteiger partial charge in [-0.3, -0.25) is 4.79 Å². The maximum atomic E-state index is 12.0. The second-order valence-electron chi connectivity index (χ2n) is 4.36. The third kappa shape index (κ3) is 3.59. The maximum absolute atomic E-state index is 12.0. The van der Waals surface area contributed by atoms with Gasteiger partial charge in [-0.05, 0) is 26.3 Å². The molecule has 0 fully saturated rings. The lowest BCUT2D eigenvalue weighted by atomic mass is 9.96. The molecule has 1 unspecified atom stereocenters. The summed E-state index contributed by atoms with van der Waals surface area (Å²) in [5, 5.41) is 9.20. The Kier molecular flexibility index (Phi) is 5.38. The molecule has 0 heterocycles. The lowest BCUT2D eigenvalue weighted by molar-refractivity contribution is -0.130. The molecule has 3 nitrogen and oxygen atoms in total. The van der Waals surface area contributed by atoms with E-state index in [2.05, 4.69) is 6.07 Å². The molecule has 0 aliphatic rings. The Hall–Kier alpha value is -1.82. The van der Waals surface area contributed by atoms with Gasteiger partial charge in [-0.2, -0.15) is 5.26 Å². The summed E-state index contributed by atoms with van der Waals surface area (Å²) >= 11 is 0. The van der Waals surface area contributed by atoms with Crippen molar-refractivity contribution in [1.29, 1.82) is 5.26 Å². The van der Waals surface area contributed by atoms with E-state index in [1.807, 2.05) is 45.0 Å². The van der Waals surface area contributed by atoms with Gasteiger partial charge < -0.3 is 4.90 Å². The zero-order chi connectivity index (χ0) is 13.5. The number of rotatable bonds is 5. The summed E-state index contributed by atoms with van der Waals surface area (Å²) in [7, 11) is 0. The molecule has 0 spiro atoms. The highest BCUT2D eigenvalue weighted by Crippen LogP contribution is 2.20. The molecule has 0 bridgehead atoms. The number of aryl methyl sites for hydroxylation is 1. The third-order valence-corrected chi connectivity index (χ3v) is 3.13. The number of hydrogen-bond donors (Lipinski definition) is 0. The van der Waals surface area contributed by atoms with Gasteiger partial charge >= 0.3 is 0 Å².